The van der Waals surface area contributed by atoms with Gasteiger partial charge in [0.1, 0.15) is 24.0 Å². The van der Waals surface area contributed by atoms with Crippen LogP contribution in [0.2, 0.25) is 0 Å². The monoisotopic (exact) mass is 263 g/mol. The number of hydrogen-bond acceptors (Lipinski definition) is 2. The number of rotatable bonds is 3. The number of anilines is 1. The zero-order valence-corrected chi connectivity index (χ0v) is 10.8. The van der Waals surface area contributed by atoms with E-state index in [0.717, 1.165) is 0 Å². The van der Waals surface area contributed by atoms with Crippen LogP contribution in [0.15, 0.2) is 30.3 Å². The average molecular weight is 263 g/mol. The highest BCUT2D eigenvalue weighted by Crippen LogP contribution is 2.23. The van der Waals surface area contributed by atoms with Crippen molar-refractivity contribution in [2.75, 3.05) is 5.73 Å². The minimum atomic E-state index is -0.366. The molecule has 0 aliphatic heterocycles. The molecular weight excluding hydrogens is 248 g/mol. The molecule has 19 heavy (non-hydrogen) atoms. The number of nitrogen functional groups attached to an aromatic ring is 1. The SMILES string of the molecule is Cc1c(N)cc(COc2cccc(F)c2C)cc1F. The molecule has 0 unspecified atom stereocenters. The predicted octanol–water partition coefficient (Wildman–Crippen LogP) is 3.74. The maximum Gasteiger partial charge on any atom is 0.129 e. The quantitative estimate of drug-likeness (QED) is 0.856. The van der Waals surface area contributed by atoms with Crippen LogP contribution in [0.1, 0.15) is 16.7 Å². The number of halogens is 2. The van der Waals surface area contributed by atoms with E-state index in [-0.39, 0.29) is 18.2 Å². The van der Waals surface area contributed by atoms with Gasteiger partial charge in [-0.1, -0.05) is 6.07 Å². The maximum absolute atomic E-state index is 13.5. The molecule has 0 aromatic heterocycles. The molecule has 0 saturated heterocycles. The minimum Gasteiger partial charge on any atom is -0.489 e. The van der Waals surface area contributed by atoms with E-state index < -0.39 is 0 Å². The average Bonchev–Trinajstić information content (AvgIpc) is 2.37. The molecule has 0 fully saturated rings. The van der Waals surface area contributed by atoms with E-state index >= 15 is 0 Å². The second kappa shape index (κ2) is 5.26. The van der Waals surface area contributed by atoms with Crippen molar-refractivity contribution >= 4 is 5.69 Å². The molecule has 2 N–H and O–H groups in total. The number of nitrogens with two attached hydrogens (primary N) is 1. The Morgan fingerprint density at radius 3 is 2.47 bits per heavy atom. The lowest BCUT2D eigenvalue weighted by atomic mass is 10.1. The Morgan fingerprint density at radius 1 is 1.05 bits per heavy atom. The smallest absolute Gasteiger partial charge is 0.129 e. The molecule has 100 valence electrons. The third-order valence-electron chi connectivity index (χ3n) is 3.06. The highest BCUT2D eigenvalue weighted by atomic mass is 19.1. The fourth-order valence-electron chi connectivity index (χ4n) is 1.75. The van der Waals surface area contributed by atoms with Crippen LogP contribution < -0.4 is 10.5 Å². The summed E-state index contributed by atoms with van der Waals surface area (Å²) in [6.45, 7) is 3.40. The topological polar surface area (TPSA) is 35.2 Å². The third kappa shape index (κ3) is 2.84. The van der Waals surface area contributed by atoms with Gasteiger partial charge in [-0.15, -0.1) is 0 Å². The zero-order valence-electron chi connectivity index (χ0n) is 10.8. The Bertz CT molecular complexity index is 588. The summed E-state index contributed by atoms with van der Waals surface area (Å²) in [5, 5.41) is 0. The predicted molar refractivity (Wildman–Crippen MR) is 71.0 cm³/mol. The number of hydrogen-bond donors (Lipinski definition) is 1. The molecule has 0 saturated carbocycles. The lowest BCUT2D eigenvalue weighted by Gasteiger charge is -2.11. The highest BCUT2D eigenvalue weighted by molar-refractivity contribution is 5.49. The summed E-state index contributed by atoms with van der Waals surface area (Å²) < 4.78 is 32.3. The second-order valence-corrected chi connectivity index (χ2v) is 4.44. The fourth-order valence-corrected chi connectivity index (χ4v) is 1.75. The minimum absolute atomic E-state index is 0.145. The summed E-state index contributed by atoms with van der Waals surface area (Å²) in [7, 11) is 0. The van der Waals surface area contributed by atoms with Crippen LogP contribution >= 0.6 is 0 Å². The van der Waals surface area contributed by atoms with Gasteiger partial charge in [0.2, 0.25) is 0 Å². The van der Waals surface area contributed by atoms with Gasteiger partial charge >= 0.3 is 0 Å². The molecule has 2 aromatic rings. The molecule has 2 rings (SSSR count). The van der Waals surface area contributed by atoms with Gasteiger partial charge in [0, 0.05) is 16.8 Å². The summed E-state index contributed by atoms with van der Waals surface area (Å²) in [5.74, 6) is -0.249. The van der Waals surface area contributed by atoms with Crippen LogP contribution in [-0.4, -0.2) is 0 Å². The molecule has 0 atom stereocenters. The Morgan fingerprint density at radius 2 is 1.79 bits per heavy atom. The van der Waals surface area contributed by atoms with E-state index in [1.807, 2.05) is 0 Å². The summed E-state index contributed by atoms with van der Waals surface area (Å²) in [4.78, 5) is 0. The van der Waals surface area contributed by atoms with Gasteiger partial charge < -0.3 is 10.5 Å². The van der Waals surface area contributed by atoms with E-state index in [4.69, 9.17) is 10.5 Å². The van der Waals surface area contributed by atoms with Gasteiger partial charge in [-0.3, -0.25) is 0 Å². The van der Waals surface area contributed by atoms with E-state index in [2.05, 4.69) is 0 Å². The summed E-state index contributed by atoms with van der Waals surface area (Å²) >= 11 is 0. The van der Waals surface area contributed by atoms with Gasteiger partial charge in [0.15, 0.2) is 0 Å². The first kappa shape index (κ1) is 13.3. The molecule has 2 aromatic carbocycles. The van der Waals surface area contributed by atoms with Crippen molar-refractivity contribution in [2.24, 2.45) is 0 Å². The van der Waals surface area contributed by atoms with Crippen molar-refractivity contribution in [3.8, 4) is 5.75 Å². The van der Waals surface area contributed by atoms with E-state index in [1.165, 1.54) is 12.1 Å². The molecule has 0 aliphatic carbocycles. The van der Waals surface area contributed by atoms with Crippen molar-refractivity contribution in [2.45, 2.75) is 20.5 Å². The lowest BCUT2D eigenvalue weighted by Crippen LogP contribution is -2.01. The molecule has 0 bridgehead atoms. The molecule has 0 amide bonds. The van der Waals surface area contributed by atoms with Crippen molar-refractivity contribution in [3.63, 3.8) is 0 Å². The summed E-state index contributed by atoms with van der Waals surface area (Å²) in [6.07, 6.45) is 0. The van der Waals surface area contributed by atoms with Gasteiger partial charge in [-0.2, -0.15) is 0 Å². The first-order valence-corrected chi connectivity index (χ1v) is 5.91. The van der Waals surface area contributed by atoms with Crippen LogP contribution in [0.3, 0.4) is 0 Å². The second-order valence-electron chi connectivity index (χ2n) is 4.44. The maximum atomic E-state index is 13.5. The van der Waals surface area contributed by atoms with Crippen LogP contribution in [0.25, 0.3) is 0 Å². The largest absolute Gasteiger partial charge is 0.489 e. The van der Waals surface area contributed by atoms with Gasteiger partial charge in [-0.05, 0) is 43.7 Å². The normalized spacial score (nSPS) is 10.5. The lowest BCUT2D eigenvalue weighted by molar-refractivity contribution is 0.301. The fraction of sp³-hybridized carbons (Fsp3) is 0.200. The van der Waals surface area contributed by atoms with E-state index in [0.29, 0.717) is 28.1 Å². The Labute approximate surface area is 110 Å². The highest BCUT2D eigenvalue weighted by Gasteiger charge is 2.07. The number of ether oxygens (including phenoxy) is 1. The van der Waals surface area contributed by atoms with Gasteiger partial charge in [0.05, 0.1) is 0 Å². The molecule has 0 aliphatic rings. The third-order valence-corrected chi connectivity index (χ3v) is 3.06. The molecule has 2 nitrogen and oxygen atoms in total. The Kier molecular flexibility index (Phi) is 3.69. The van der Waals surface area contributed by atoms with Gasteiger partial charge in [0.25, 0.3) is 0 Å². The molecule has 4 heteroatoms. The van der Waals surface area contributed by atoms with Crippen molar-refractivity contribution in [3.05, 3.63) is 58.7 Å². The molecule has 0 spiro atoms. The zero-order chi connectivity index (χ0) is 14.0. The van der Waals surface area contributed by atoms with E-state index in [9.17, 15) is 8.78 Å². The summed E-state index contributed by atoms with van der Waals surface area (Å²) in [6, 6.07) is 7.65. The van der Waals surface area contributed by atoms with Gasteiger partial charge in [-0.25, -0.2) is 8.78 Å². The van der Waals surface area contributed by atoms with E-state index in [1.54, 1.807) is 32.0 Å². The molecule has 0 heterocycles. The first-order chi connectivity index (χ1) is 8.99. The van der Waals surface area contributed by atoms with Crippen molar-refractivity contribution in [1.82, 2.24) is 0 Å². The molecular formula is C15H15F2NO. The Hall–Kier alpha value is -2.10. The standard InChI is InChI=1S/C15H15F2NO/c1-9-13(17)6-11(7-14(9)18)8-19-15-5-3-4-12(16)10(15)2/h3-7H,8,18H2,1-2H3. The van der Waals surface area contributed by atoms with Crippen molar-refractivity contribution < 1.29 is 13.5 Å². The number of benzene rings is 2. The summed E-state index contributed by atoms with van der Waals surface area (Å²) in [5.41, 5.74) is 7.54. The Balaban J connectivity index is 2.17. The van der Waals surface area contributed by atoms with Crippen LogP contribution in [0, 0.1) is 25.5 Å². The van der Waals surface area contributed by atoms with Crippen LogP contribution in [-0.2, 0) is 6.61 Å². The van der Waals surface area contributed by atoms with Crippen LogP contribution in [0.5, 0.6) is 5.75 Å². The van der Waals surface area contributed by atoms with Crippen molar-refractivity contribution in [1.29, 1.82) is 0 Å². The first-order valence-electron chi connectivity index (χ1n) is 5.91. The van der Waals surface area contributed by atoms with Crippen LogP contribution in [0.4, 0.5) is 14.5 Å². The molecule has 0 radical (unpaired) electrons.